The van der Waals surface area contributed by atoms with Gasteiger partial charge in [-0.25, -0.2) is 4.79 Å². The lowest BCUT2D eigenvalue weighted by Gasteiger charge is -2.40. The summed E-state index contributed by atoms with van der Waals surface area (Å²) in [5, 5.41) is 11.7. The molecule has 14 heteroatoms. The smallest absolute Gasteiger partial charge is 0.338 e. The quantitative estimate of drug-likeness (QED) is 0.0588. The second-order valence-electron chi connectivity index (χ2n) is 14.2. The van der Waals surface area contributed by atoms with Gasteiger partial charge in [0.1, 0.15) is 12.4 Å². The molecular formula is C33H51NO11Si2. The van der Waals surface area contributed by atoms with Gasteiger partial charge in [-0.05, 0) is 60.9 Å². The minimum Gasteiger partial charge on any atom is -0.541 e. The molecule has 2 aromatic rings. The zero-order chi connectivity index (χ0) is 36.0. The highest BCUT2D eigenvalue weighted by Crippen LogP contribution is 2.48. The first-order valence-corrected chi connectivity index (χ1v) is 21.2. The molecule has 0 atom stereocenters. The molecule has 0 radical (unpaired) electrons. The van der Waals surface area contributed by atoms with Gasteiger partial charge >= 0.3 is 11.9 Å². The van der Waals surface area contributed by atoms with Crippen LogP contribution in [-0.4, -0.2) is 61.4 Å². The average Bonchev–Trinajstić information content (AvgIpc) is 2.96. The Morgan fingerprint density at radius 2 is 1.34 bits per heavy atom. The maximum Gasteiger partial charge on any atom is 0.338 e. The number of hydrogen-bond acceptors (Lipinski definition) is 11. The summed E-state index contributed by atoms with van der Waals surface area (Å²) in [5.74, 6) is 0.333. The van der Waals surface area contributed by atoms with Crippen molar-refractivity contribution >= 4 is 34.3 Å². The highest BCUT2D eigenvalue weighted by Gasteiger charge is 2.43. The van der Waals surface area contributed by atoms with Crippen molar-refractivity contribution in [3.8, 4) is 28.7 Å². The Morgan fingerprint density at radius 1 is 0.787 bits per heavy atom. The molecule has 0 heterocycles. The SMILES string of the molecule is COC(=O)CCCOc1cc([N+](=O)[O-])c(COC(=O)c2cc(OC)c(O[Si](C)(C)C(C)(C)C)c(O[Si](C)(C)C(C)(C)C)c2)cc1OC. The maximum atomic E-state index is 13.5. The minimum atomic E-state index is -2.41. The van der Waals surface area contributed by atoms with E-state index in [1.165, 1.54) is 39.5 Å². The molecule has 0 spiro atoms. The van der Waals surface area contributed by atoms with Crippen LogP contribution in [-0.2, 0) is 20.9 Å². The van der Waals surface area contributed by atoms with Crippen LogP contribution in [0.2, 0.25) is 36.3 Å². The van der Waals surface area contributed by atoms with E-state index >= 15 is 0 Å². The number of methoxy groups -OCH3 is 3. The van der Waals surface area contributed by atoms with Crippen molar-refractivity contribution < 1.29 is 47.0 Å². The van der Waals surface area contributed by atoms with E-state index in [2.05, 4.69) is 72.5 Å². The fraction of sp³-hybridized carbons (Fsp3) is 0.576. The third-order valence-electron chi connectivity index (χ3n) is 8.74. The maximum absolute atomic E-state index is 13.5. The molecule has 47 heavy (non-hydrogen) atoms. The predicted molar refractivity (Wildman–Crippen MR) is 184 cm³/mol. The number of benzene rings is 2. The lowest BCUT2D eigenvalue weighted by molar-refractivity contribution is -0.385. The first kappa shape index (κ1) is 39.4. The molecule has 0 amide bonds. The zero-order valence-corrected chi connectivity index (χ0v) is 32.1. The van der Waals surface area contributed by atoms with Crippen molar-refractivity contribution in [3.63, 3.8) is 0 Å². The van der Waals surface area contributed by atoms with E-state index in [1.54, 1.807) is 6.07 Å². The fourth-order valence-electron chi connectivity index (χ4n) is 3.74. The monoisotopic (exact) mass is 693 g/mol. The van der Waals surface area contributed by atoms with Crippen LogP contribution in [0.5, 0.6) is 28.7 Å². The number of hydrogen-bond donors (Lipinski definition) is 0. The summed E-state index contributed by atoms with van der Waals surface area (Å²) in [6.45, 7) is 20.8. The summed E-state index contributed by atoms with van der Waals surface area (Å²) in [7, 11) is -0.605. The Bertz CT molecular complexity index is 1440. The van der Waals surface area contributed by atoms with E-state index < -0.39 is 40.1 Å². The number of nitro groups is 1. The van der Waals surface area contributed by atoms with E-state index in [1.807, 2.05) is 0 Å². The van der Waals surface area contributed by atoms with Crippen LogP contribution < -0.4 is 23.1 Å². The van der Waals surface area contributed by atoms with Crippen molar-refractivity contribution in [2.75, 3.05) is 27.9 Å². The molecule has 0 N–H and O–H groups in total. The second-order valence-corrected chi connectivity index (χ2v) is 23.7. The zero-order valence-electron chi connectivity index (χ0n) is 30.1. The van der Waals surface area contributed by atoms with Gasteiger partial charge in [0.25, 0.3) is 22.3 Å². The van der Waals surface area contributed by atoms with E-state index in [0.29, 0.717) is 23.7 Å². The fourth-order valence-corrected chi connectivity index (χ4v) is 5.76. The molecule has 2 aromatic carbocycles. The van der Waals surface area contributed by atoms with Crippen LogP contribution in [0.3, 0.4) is 0 Å². The van der Waals surface area contributed by atoms with Crippen LogP contribution in [0.15, 0.2) is 24.3 Å². The number of carbonyl (C=O) groups excluding carboxylic acids is 2. The van der Waals surface area contributed by atoms with Crippen molar-refractivity contribution in [2.45, 2.75) is 97.3 Å². The van der Waals surface area contributed by atoms with Gasteiger partial charge in [-0.15, -0.1) is 0 Å². The molecule has 0 saturated carbocycles. The topological polar surface area (TPSA) is 142 Å². The van der Waals surface area contributed by atoms with Crippen LogP contribution in [0.4, 0.5) is 5.69 Å². The second kappa shape index (κ2) is 15.4. The number of ether oxygens (including phenoxy) is 5. The molecule has 0 aliphatic heterocycles. The Labute approximate surface area is 280 Å². The first-order chi connectivity index (χ1) is 21.6. The van der Waals surface area contributed by atoms with Crippen molar-refractivity contribution in [1.29, 1.82) is 0 Å². The molecule has 0 aliphatic carbocycles. The Morgan fingerprint density at radius 3 is 1.85 bits per heavy atom. The molecule has 2 rings (SSSR count). The number of nitrogens with zero attached hydrogens (tertiary/aromatic N) is 1. The van der Waals surface area contributed by atoms with E-state index in [9.17, 15) is 19.7 Å². The third kappa shape index (κ3) is 10.1. The molecule has 0 bridgehead atoms. The van der Waals surface area contributed by atoms with E-state index in [4.69, 9.17) is 27.8 Å². The van der Waals surface area contributed by atoms with Gasteiger partial charge < -0.3 is 32.5 Å². The van der Waals surface area contributed by atoms with E-state index in [0.717, 1.165) is 0 Å². The van der Waals surface area contributed by atoms with Crippen molar-refractivity contribution in [2.24, 2.45) is 0 Å². The lowest BCUT2D eigenvalue weighted by Crippen LogP contribution is -2.46. The third-order valence-corrected chi connectivity index (χ3v) is 17.4. The summed E-state index contributed by atoms with van der Waals surface area (Å²) in [4.78, 5) is 36.3. The molecular weight excluding hydrogens is 643 g/mol. The van der Waals surface area contributed by atoms with E-state index in [-0.39, 0.29) is 51.4 Å². The average molecular weight is 694 g/mol. The van der Waals surface area contributed by atoms with Gasteiger partial charge in [0.15, 0.2) is 23.0 Å². The predicted octanol–water partition coefficient (Wildman–Crippen LogP) is 8.07. The Kier molecular flexibility index (Phi) is 12.9. The largest absolute Gasteiger partial charge is 0.541 e. The summed E-state index contributed by atoms with van der Waals surface area (Å²) in [5.41, 5.74) is -0.0813. The number of nitro benzene ring substituents is 1. The molecule has 0 unspecified atom stereocenters. The molecule has 0 aliphatic rings. The Hall–Kier alpha value is -3.79. The molecule has 262 valence electrons. The standard InChI is InChI=1S/C33H51NO11Si2/c1-32(2,3)46(10,11)44-28-18-22(17-27(40-8)30(28)45-47(12,13)33(4,5)6)31(36)43-21-23-19-25(39-7)26(20-24(23)34(37)38)42-16-14-15-29(35)41-9/h17-20H,14-16,21H2,1-13H3. The number of rotatable bonds is 15. The van der Waals surface area contributed by atoms with Crippen LogP contribution in [0.1, 0.15) is 70.3 Å². The number of esters is 2. The summed E-state index contributed by atoms with van der Waals surface area (Å²) in [6.07, 6.45) is 0.471. The first-order valence-electron chi connectivity index (χ1n) is 15.4. The van der Waals surface area contributed by atoms with Gasteiger partial charge in [0.2, 0.25) is 0 Å². The van der Waals surface area contributed by atoms with Crippen LogP contribution >= 0.6 is 0 Å². The van der Waals surface area contributed by atoms with Crippen molar-refractivity contribution in [1.82, 2.24) is 0 Å². The summed E-state index contributed by atoms with van der Waals surface area (Å²) < 4.78 is 40.4. The van der Waals surface area contributed by atoms with Gasteiger partial charge in [-0.1, -0.05) is 41.5 Å². The van der Waals surface area contributed by atoms with Gasteiger partial charge in [0.05, 0.1) is 50.1 Å². The van der Waals surface area contributed by atoms with Gasteiger partial charge in [-0.3, -0.25) is 14.9 Å². The molecule has 0 aromatic heterocycles. The molecule has 0 saturated heterocycles. The minimum absolute atomic E-state index is 0.102. The normalized spacial score (nSPS) is 12.2. The van der Waals surface area contributed by atoms with Crippen molar-refractivity contribution in [3.05, 3.63) is 45.5 Å². The highest BCUT2D eigenvalue weighted by molar-refractivity contribution is 6.75. The lowest BCUT2D eigenvalue weighted by atomic mass is 10.1. The molecule has 0 fully saturated rings. The highest BCUT2D eigenvalue weighted by atomic mass is 28.4. The number of carbonyl (C=O) groups is 2. The Balaban J connectivity index is 2.48. The summed E-state index contributed by atoms with van der Waals surface area (Å²) >= 11 is 0. The van der Waals surface area contributed by atoms with Crippen LogP contribution in [0.25, 0.3) is 0 Å². The van der Waals surface area contributed by atoms with Gasteiger partial charge in [-0.2, -0.15) is 0 Å². The van der Waals surface area contributed by atoms with Gasteiger partial charge in [0, 0.05) is 6.42 Å². The summed E-state index contributed by atoms with van der Waals surface area (Å²) in [6, 6.07) is 5.72. The van der Waals surface area contributed by atoms with Crippen LogP contribution in [0, 0.1) is 10.1 Å². The molecule has 12 nitrogen and oxygen atoms in total.